The van der Waals surface area contributed by atoms with Crippen LogP contribution in [0.4, 0.5) is 0 Å². The Balaban J connectivity index is 2.43. The quantitative estimate of drug-likeness (QED) is 0.671. The smallest absolute Gasteiger partial charge is 0.236 e. The van der Waals surface area contributed by atoms with Crippen molar-refractivity contribution in [2.75, 3.05) is 26.2 Å². The van der Waals surface area contributed by atoms with E-state index in [4.69, 9.17) is 5.11 Å². The summed E-state index contributed by atoms with van der Waals surface area (Å²) in [6.07, 6.45) is 4.61. The molecule has 0 radical (unpaired) electrons. The molecule has 15 heavy (non-hydrogen) atoms. The molecule has 1 fully saturated rings. The van der Waals surface area contributed by atoms with Gasteiger partial charge in [0.2, 0.25) is 5.91 Å². The van der Waals surface area contributed by atoms with E-state index in [1.54, 1.807) is 0 Å². The molecule has 0 atom stereocenters. The van der Waals surface area contributed by atoms with E-state index in [0.29, 0.717) is 19.1 Å². The molecule has 1 amide bonds. The summed E-state index contributed by atoms with van der Waals surface area (Å²) in [6.45, 7) is 3.73. The van der Waals surface area contributed by atoms with Crippen LogP contribution in [-0.4, -0.2) is 48.2 Å². The number of hydrogen-bond donors (Lipinski definition) is 2. The number of amides is 1. The van der Waals surface area contributed by atoms with E-state index in [-0.39, 0.29) is 12.5 Å². The third-order valence-corrected chi connectivity index (χ3v) is 2.95. The van der Waals surface area contributed by atoms with Gasteiger partial charge in [-0.1, -0.05) is 19.8 Å². The summed E-state index contributed by atoms with van der Waals surface area (Å²) in [5.41, 5.74) is 0. The van der Waals surface area contributed by atoms with Crippen molar-refractivity contribution >= 4 is 5.91 Å². The number of hydrogen-bond acceptors (Lipinski definition) is 3. The minimum absolute atomic E-state index is 0.0639. The molecule has 1 saturated carbocycles. The molecule has 2 N–H and O–H groups in total. The molecule has 4 nitrogen and oxygen atoms in total. The van der Waals surface area contributed by atoms with E-state index in [0.717, 1.165) is 19.4 Å². The molecule has 0 unspecified atom stereocenters. The highest BCUT2D eigenvalue weighted by Crippen LogP contribution is 2.23. The molecule has 0 aromatic rings. The van der Waals surface area contributed by atoms with Crippen LogP contribution in [0, 0.1) is 0 Å². The lowest BCUT2D eigenvalue weighted by atomic mass is 10.2. The van der Waals surface area contributed by atoms with Crippen LogP contribution < -0.4 is 5.32 Å². The number of aliphatic hydroxyl groups is 1. The van der Waals surface area contributed by atoms with Gasteiger partial charge in [0.25, 0.3) is 0 Å². The first-order valence-electron chi connectivity index (χ1n) is 5.90. The van der Waals surface area contributed by atoms with Crippen molar-refractivity contribution in [3.63, 3.8) is 0 Å². The van der Waals surface area contributed by atoms with Crippen molar-refractivity contribution in [3.05, 3.63) is 0 Å². The molecule has 88 valence electrons. The average molecular weight is 214 g/mol. The van der Waals surface area contributed by atoms with Gasteiger partial charge in [-0.2, -0.15) is 0 Å². The first-order valence-corrected chi connectivity index (χ1v) is 5.90. The maximum atomic E-state index is 11.8. The number of nitrogens with one attached hydrogen (secondary N) is 1. The van der Waals surface area contributed by atoms with Crippen molar-refractivity contribution in [1.82, 2.24) is 10.2 Å². The highest BCUT2D eigenvalue weighted by molar-refractivity contribution is 5.78. The summed E-state index contributed by atoms with van der Waals surface area (Å²) in [7, 11) is 0. The zero-order chi connectivity index (χ0) is 11.1. The van der Waals surface area contributed by atoms with Crippen LogP contribution in [0.25, 0.3) is 0 Å². The summed E-state index contributed by atoms with van der Waals surface area (Å²) >= 11 is 0. The second-order valence-corrected chi connectivity index (χ2v) is 4.03. The fourth-order valence-corrected chi connectivity index (χ4v) is 2.17. The Labute approximate surface area is 91.6 Å². The molecule has 1 rings (SSSR count). The van der Waals surface area contributed by atoms with E-state index < -0.39 is 0 Å². The average Bonchev–Trinajstić information content (AvgIpc) is 2.75. The van der Waals surface area contributed by atoms with Crippen LogP contribution in [0.5, 0.6) is 0 Å². The molecular formula is C11H22N2O2. The molecule has 4 heteroatoms. The van der Waals surface area contributed by atoms with Gasteiger partial charge in [0, 0.05) is 12.6 Å². The zero-order valence-electron chi connectivity index (χ0n) is 9.54. The highest BCUT2D eigenvalue weighted by atomic mass is 16.3. The van der Waals surface area contributed by atoms with Gasteiger partial charge in [-0.25, -0.2) is 0 Å². The van der Waals surface area contributed by atoms with E-state index in [9.17, 15) is 4.79 Å². The third kappa shape index (κ3) is 3.80. The molecule has 0 bridgehead atoms. The normalized spacial score (nSPS) is 16.9. The predicted molar refractivity (Wildman–Crippen MR) is 59.6 cm³/mol. The maximum Gasteiger partial charge on any atom is 0.236 e. The summed E-state index contributed by atoms with van der Waals surface area (Å²) in [6, 6.07) is 0.364. The van der Waals surface area contributed by atoms with E-state index in [1.807, 2.05) is 11.8 Å². The highest BCUT2D eigenvalue weighted by Gasteiger charge is 2.25. The van der Waals surface area contributed by atoms with Gasteiger partial charge in [0.05, 0.1) is 13.2 Å². The Morgan fingerprint density at radius 1 is 1.47 bits per heavy atom. The molecule has 0 heterocycles. The zero-order valence-corrected chi connectivity index (χ0v) is 9.54. The van der Waals surface area contributed by atoms with Crippen LogP contribution in [0.15, 0.2) is 0 Å². The van der Waals surface area contributed by atoms with E-state index >= 15 is 0 Å². The van der Waals surface area contributed by atoms with Crippen LogP contribution >= 0.6 is 0 Å². The molecule has 1 aliphatic rings. The third-order valence-electron chi connectivity index (χ3n) is 2.95. The van der Waals surface area contributed by atoms with Gasteiger partial charge < -0.3 is 15.3 Å². The molecule has 0 aromatic carbocycles. The second kappa shape index (κ2) is 6.80. The van der Waals surface area contributed by atoms with Gasteiger partial charge in [0.15, 0.2) is 0 Å². The maximum absolute atomic E-state index is 11.8. The Hall–Kier alpha value is -0.610. The first-order chi connectivity index (χ1) is 7.29. The van der Waals surface area contributed by atoms with Crippen LogP contribution in [0.3, 0.4) is 0 Å². The summed E-state index contributed by atoms with van der Waals surface area (Å²) in [4.78, 5) is 13.7. The predicted octanol–water partition coefficient (Wildman–Crippen LogP) is 0.359. The van der Waals surface area contributed by atoms with Crippen molar-refractivity contribution in [2.45, 2.75) is 38.6 Å². The molecule has 0 spiro atoms. The minimum Gasteiger partial charge on any atom is -0.395 e. The van der Waals surface area contributed by atoms with E-state index in [2.05, 4.69) is 5.32 Å². The summed E-state index contributed by atoms with van der Waals surface area (Å²) in [5.74, 6) is 0.123. The number of nitrogens with zero attached hydrogens (tertiary/aromatic N) is 1. The summed E-state index contributed by atoms with van der Waals surface area (Å²) in [5, 5.41) is 12.0. The Bertz CT molecular complexity index is 191. The topological polar surface area (TPSA) is 52.6 Å². The van der Waals surface area contributed by atoms with Crippen LogP contribution in [-0.2, 0) is 4.79 Å². The Morgan fingerprint density at radius 2 is 2.13 bits per heavy atom. The Kier molecular flexibility index (Phi) is 5.65. The van der Waals surface area contributed by atoms with Gasteiger partial charge in [-0.15, -0.1) is 0 Å². The second-order valence-electron chi connectivity index (χ2n) is 4.03. The Morgan fingerprint density at radius 3 is 2.67 bits per heavy atom. The van der Waals surface area contributed by atoms with E-state index in [1.165, 1.54) is 12.8 Å². The molecule has 1 aliphatic carbocycles. The van der Waals surface area contributed by atoms with Crippen LogP contribution in [0.1, 0.15) is 32.6 Å². The van der Waals surface area contributed by atoms with Gasteiger partial charge in [-0.05, 0) is 19.4 Å². The monoisotopic (exact) mass is 214 g/mol. The molecule has 0 aliphatic heterocycles. The fraction of sp³-hybridized carbons (Fsp3) is 0.909. The number of aliphatic hydroxyl groups excluding tert-OH is 1. The lowest BCUT2D eigenvalue weighted by Crippen LogP contribution is -2.45. The number of likely N-dealkylation sites (N-methyl/N-ethyl adjacent to an activating group) is 1. The summed E-state index contributed by atoms with van der Waals surface area (Å²) < 4.78 is 0. The number of rotatable bonds is 6. The molecule has 0 aromatic heterocycles. The van der Waals surface area contributed by atoms with Gasteiger partial charge in [-0.3, -0.25) is 4.79 Å². The fourth-order valence-electron chi connectivity index (χ4n) is 2.17. The molecule has 0 saturated heterocycles. The molecular weight excluding hydrogens is 192 g/mol. The van der Waals surface area contributed by atoms with Crippen molar-refractivity contribution in [1.29, 1.82) is 0 Å². The lowest BCUT2D eigenvalue weighted by Gasteiger charge is -2.28. The first kappa shape index (κ1) is 12.5. The van der Waals surface area contributed by atoms with Crippen molar-refractivity contribution in [3.8, 4) is 0 Å². The van der Waals surface area contributed by atoms with Crippen molar-refractivity contribution in [2.24, 2.45) is 0 Å². The van der Waals surface area contributed by atoms with Gasteiger partial charge in [0.1, 0.15) is 0 Å². The number of carbonyl (C=O) groups excluding carboxylic acids is 1. The minimum atomic E-state index is 0.0639. The van der Waals surface area contributed by atoms with Gasteiger partial charge >= 0.3 is 0 Å². The number of carbonyl (C=O) groups is 1. The lowest BCUT2D eigenvalue weighted by molar-refractivity contribution is -0.133. The van der Waals surface area contributed by atoms with Crippen molar-refractivity contribution < 1.29 is 9.90 Å². The van der Waals surface area contributed by atoms with Crippen LogP contribution in [0.2, 0.25) is 0 Å². The SMILES string of the molecule is CCNCC(=O)N(CCO)C1CCCC1. The standard InChI is InChI=1S/C11H22N2O2/c1-2-12-9-11(15)13(7-8-14)10-5-3-4-6-10/h10,12,14H,2-9H2,1H3. The largest absolute Gasteiger partial charge is 0.395 e.